The van der Waals surface area contributed by atoms with Crippen LogP contribution in [0.25, 0.3) is 22.7 Å². The second-order valence-electron chi connectivity index (χ2n) is 8.31. The molecule has 0 aliphatic carbocycles. The highest BCUT2D eigenvalue weighted by Crippen LogP contribution is 2.33. The van der Waals surface area contributed by atoms with Gasteiger partial charge in [0.2, 0.25) is 5.89 Å². The molecule has 0 radical (unpaired) electrons. The number of ketones is 1. The summed E-state index contributed by atoms with van der Waals surface area (Å²) in [7, 11) is 0. The number of Topliss-reactive ketones (excluding diaryl/α,β-unsaturated/α-hetero) is 1. The molecule has 2 aromatic carbocycles. The minimum atomic E-state index is -0.374. The van der Waals surface area contributed by atoms with Crippen molar-refractivity contribution in [2.75, 3.05) is 31.1 Å². The van der Waals surface area contributed by atoms with Crippen molar-refractivity contribution in [1.82, 2.24) is 20.3 Å². The van der Waals surface area contributed by atoms with E-state index in [0.717, 1.165) is 5.56 Å². The predicted molar refractivity (Wildman–Crippen MR) is 124 cm³/mol. The molecule has 0 spiro atoms. The molecule has 4 aromatic rings. The van der Waals surface area contributed by atoms with Crippen LogP contribution in [0.2, 0.25) is 0 Å². The van der Waals surface area contributed by atoms with Crippen LogP contribution in [-0.4, -0.2) is 52.2 Å². The fourth-order valence-corrected chi connectivity index (χ4v) is 4.16. The molecule has 0 amide bonds. The van der Waals surface area contributed by atoms with Crippen LogP contribution in [-0.2, 0) is 6.54 Å². The Balaban J connectivity index is 1.25. The van der Waals surface area contributed by atoms with Crippen LogP contribution in [0.4, 0.5) is 10.1 Å². The van der Waals surface area contributed by atoms with E-state index < -0.39 is 0 Å². The van der Waals surface area contributed by atoms with Crippen LogP contribution in [0, 0.1) is 12.7 Å². The van der Waals surface area contributed by atoms with Crippen molar-refractivity contribution in [2.24, 2.45) is 0 Å². The molecule has 9 heteroatoms. The van der Waals surface area contributed by atoms with Crippen LogP contribution in [0.5, 0.6) is 0 Å². The van der Waals surface area contributed by atoms with E-state index in [1.54, 1.807) is 12.1 Å². The lowest BCUT2D eigenvalue weighted by Gasteiger charge is -2.35. The van der Waals surface area contributed by atoms with Gasteiger partial charge in [-0.1, -0.05) is 35.5 Å². The minimum absolute atomic E-state index is 0.147. The minimum Gasteiger partial charge on any atom is -0.419 e. The largest absolute Gasteiger partial charge is 0.419 e. The lowest BCUT2D eigenvalue weighted by Crippen LogP contribution is -2.46. The molecule has 3 heterocycles. The number of aromatic nitrogens is 3. The second kappa shape index (κ2) is 9.18. The third-order valence-electron chi connectivity index (χ3n) is 6.02. The van der Waals surface area contributed by atoms with Gasteiger partial charge in [0.1, 0.15) is 22.8 Å². The Morgan fingerprint density at radius 2 is 1.82 bits per heavy atom. The normalized spacial score (nSPS) is 14.5. The Morgan fingerprint density at radius 1 is 1.06 bits per heavy atom. The van der Waals surface area contributed by atoms with Gasteiger partial charge < -0.3 is 13.8 Å². The first-order chi connectivity index (χ1) is 16.5. The summed E-state index contributed by atoms with van der Waals surface area (Å²) < 4.78 is 25.9. The van der Waals surface area contributed by atoms with E-state index in [0.29, 0.717) is 72.8 Å². The van der Waals surface area contributed by atoms with Crippen molar-refractivity contribution < 1.29 is 18.1 Å². The topological polar surface area (TPSA) is 88.5 Å². The van der Waals surface area contributed by atoms with Gasteiger partial charge in [-0.3, -0.25) is 9.69 Å². The van der Waals surface area contributed by atoms with Crippen LogP contribution >= 0.6 is 0 Å². The first-order valence-electron chi connectivity index (χ1n) is 11.1. The highest BCUT2D eigenvalue weighted by atomic mass is 19.1. The van der Waals surface area contributed by atoms with E-state index in [9.17, 15) is 9.18 Å². The summed E-state index contributed by atoms with van der Waals surface area (Å²) in [6.07, 6.45) is 0. The zero-order valence-electron chi connectivity index (χ0n) is 19.0. The quantitative estimate of drug-likeness (QED) is 0.391. The van der Waals surface area contributed by atoms with Crippen LogP contribution < -0.4 is 4.90 Å². The third-order valence-corrected chi connectivity index (χ3v) is 6.02. The number of aryl methyl sites for hydroxylation is 1. The Bertz CT molecular complexity index is 1310. The maximum absolute atomic E-state index is 14.5. The first-order valence-corrected chi connectivity index (χ1v) is 11.1. The monoisotopic (exact) mass is 461 g/mol. The number of carbonyl (C=O) groups excluding carboxylic acids is 1. The predicted octanol–water partition coefficient (Wildman–Crippen LogP) is 4.36. The fourth-order valence-electron chi connectivity index (χ4n) is 4.16. The average molecular weight is 461 g/mol. The van der Waals surface area contributed by atoms with E-state index >= 15 is 0 Å². The summed E-state index contributed by atoms with van der Waals surface area (Å²) in [5, 5.41) is 12.6. The van der Waals surface area contributed by atoms with Gasteiger partial charge in [-0.05, 0) is 32.0 Å². The third kappa shape index (κ3) is 4.34. The standard InChI is InChI=1S/C25H24FN5O3/c1-16(32)19-8-9-21(20(26)14-19)31-12-10-30(11-13-31)15-22-27-28-25(33-22)23-17(2)34-29-24(23)18-6-4-3-5-7-18/h3-9,14H,10-13,15H2,1-2H3. The molecule has 1 aliphatic rings. The van der Waals surface area contributed by atoms with Gasteiger partial charge in [0.05, 0.1) is 12.2 Å². The fraction of sp³-hybridized carbons (Fsp3) is 0.280. The van der Waals surface area contributed by atoms with Gasteiger partial charge >= 0.3 is 0 Å². The molecule has 0 unspecified atom stereocenters. The summed E-state index contributed by atoms with van der Waals surface area (Å²) in [4.78, 5) is 15.6. The summed E-state index contributed by atoms with van der Waals surface area (Å²) in [6.45, 7) is 6.49. The molecule has 1 saturated heterocycles. The van der Waals surface area contributed by atoms with Gasteiger partial charge in [-0.15, -0.1) is 10.2 Å². The zero-order valence-corrected chi connectivity index (χ0v) is 19.0. The van der Waals surface area contributed by atoms with Crippen molar-refractivity contribution in [3.8, 4) is 22.7 Å². The average Bonchev–Trinajstić information content (AvgIpc) is 3.46. The zero-order chi connectivity index (χ0) is 23.7. The number of hydrogen-bond acceptors (Lipinski definition) is 8. The SMILES string of the molecule is CC(=O)c1ccc(N2CCN(Cc3nnc(-c4c(-c5ccccc5)noc4C)o3)CC2)c(F)c1. The van der Waals surface area contributed by atoms with Crippen molar-refractivity contribution in [3.05, 3.63) is 71.6 Å². The lowest BCUT2D eigenvalue weighted by molar-refractivity contribution is 0.101. The van der Waals surface area contributed by atoms with Gasteiger partial charge in [0, 0.05) is 37.3 Å². The molecule has 2 aromatic heterocycles. The maximum Gasteiger partial charge on any atom is 0.253 e. The molecule has 0 N–H and O–H groups in total. The van der Waals surface area contributed by atoms with E-state index in [-0.39, 0.29) is 11.6 Å². The number of halogens is 1. The number of hydrogen-bond donors (Lipinski definition) is 0. The Morgan fingerprint density at radius 3 is 2.53 bits per heavy atom. The molecule has 0 bridgehead atoms. The number of carbonyl (C=O) groups is 1. The second-order valence-corrected chi connectivity index (χ2v) is 8.31. The molecule has 34 heavy (non-hydrogen) atoms. The maximum atomic E-state index is 14.5. The van der Waals surface area contributed by atoms with E-state index in [2.05, 4.69) is 20.3 Å². The van der Waals surface area contributed by atoms with E-state index in [1.165, 1.54) is 13.0 Å². The summed E-state index contributed by atoms with van der Waals surface area (Å²) in [5.74, 6) is 0.965. The highest BCUT2D eigenvalue weighted by molar-refractivity contribution is 5.94. The number of nitrogens with zero attached hydrogens (tertiary/aromatic N) is 5. The first kappa shape index (κ1) is 22.0. The van der Waals surface area contributed by atoms with Gasteiger partial charge in [0.15, 0.2) is 5.78 Å². The Labute approximate surface area is 196 Å². The van der Waals surface area contributed by atoms with Gasteiger partial charge in [-0.25, -0.2) is 4.39 Å². The van der Waals surface area contributed by atoms with Gasteiger partial charge in [0.25, 0.3) is 5.89 Å². The van der Waals surface area contributed by atoms with E-state index in [4.69, 9.17) is 8.94 Å². The molecular weight excluding hydrogens is 437 g/mol. The van der Waals surface area contributed by atoms with Crippen LogP contribution in [0.3, 0.4) is 0 Å². The van der Waals surface area contributed by atoms with Crippen molar-refractivity contribution in [1.29, 1.82) is 0 Å². The summed E-state index contributed by atoms with van der Waals surface area (Å²) in [6, 6.07) is 14.4. The van der Waals surface area contributed by atoms with Crippen molar-refractivity contribution in [3.63, 3.8) is 0 Å². The lowest BCUT2D eigenvalue weighted by atomic mass is 10.1. The van der Waals surface area contributed by atoms with Crippen LogP contribution in [0.15, 0.2) is 57.5 Å². The number of piperazine rings is 1. The molecule has 174 valence electrons. The smallest absolute Gasteiger partial charge is 0.253 e. The Kier molecular flexibility index (Phi) is 5.93. The summed E-state index contributed by atoms with van der Waals surface area (Å²) in [5.41, 5.74) is 3.17. The van der Waals surface area contributed by atoms with Gasteiger partial charge in [-0.2, -0.15) is 0 Å². The van der Waals surface area contributed by atoms with Crippen molar-refractivity contribution >= 4 is 11.5 Å². The van der Waals surface area contributed by atoms with Crippen molar-refractivity contribution in [2.45, 2.75) is 20.4 Å². The van der Waals surface area contributed by atoms with Crippen LogP contribution in [0.1, 0.15) is 28.9 Å². The molecule has 0 saturated carbocycles. The highest BCUT2D eigenvalue weighted by Gasteiger charge is 2.24. The number of anilines is 1. The molecule has 5 rings (SSSR count). The molecule has 0 atom stereocenters. The molecule has 8 nitrogen and oxygen atoms in total. The number of rotatable bonds is 6. The van der Waals surface area contributed by atoms with E-state index in [1.807, 2.05) is 42.2 Å². The molecular formula is C25H24FN5O3. The number of benzene rings is 2. The Hall–Kier alpha value is -3.85. The summed E-state index contributed by atoms with van der Waals surface area (Å²) >= 11 is 0. The molecule has 1 aliphatic heterocycles. The molecule has 1 fully saturated rings.